The van der Waals surface area contributed by atoms with Crippen LogP contribution in [-0.4, -0.2) is 29.2 Å². The lowest BCUT2D eigenvalue weighted by Gasteiger charge is -2.17. The number of para-hydroxylation sites is 1. The molecule has 0 saturated carbocycles. The summed E-state index contributed by atoms with van der Waals surface area (Å²) in [6, 6.07) is 9.54. The van der Waals surface area contributed by atoms with Crippen molar-refractivity contribution in [3.8, 4) is 11.5 Å². The SMILES string of the molecule is COC(=O)c1ccccc1NC(=O)C1=Cc2cc(O)c(O)cc2CC1. The maximum atomic E-state index is 12.5. The van der Waals surface area contributed by atoms with Gasteiger partial charge in [-0.05, 0) is 54.3 Å². The van der Waals surface area contributed by atoms with E-state index in [0.717, 1.165) is 5.56 Å². The van der Waals surface area contributed by atoms with Crippen LogP contribution in [0.4, 0.5) is 5.69 Å². The molecule has 0 heterocycles. The number of hydrogen-bond donors (Lipinski definition) is 3. The lowest BCUT2D eigenvalue weighted by molar-refractivity contribution is -0.112. The van der Waals surface area contributed by atoms with Crippen molar-refractivity contribution in [1.82, 2.24) is 0 Å². The minimum atomic E-state index is -0.528. The van der Waals surface area contributed by atoms with Gasteiger partial charge in [0.1, 0.15) is 0 Å². The predicted molar refractivity (Wildman–Crippen MR) is 92.5 cm³/mol. The van der Waals surface area contributed by atoms with Crippen LogP contribution in [0, 0.1) is 0 Å². The standard InChI is InChI=1S/C19H17NO5/c1-25-19(24)14-4-2-3-5-15(14)20-18(23)12-7-6-11-9-16(21)17(22)10-13(11)8-12/h2-5,8-10,21-22H,6-7H2,1H3,(H,20,23). The molecule has 1 amide bonds. The van der Waals surface area contributed by atoms with E-state index in [-0.39, 0.29) is 23.0 Å². The molecule has 0 fully saturated rings. The number of aryl methyl sites for hydroxylation is 1. The van der Waals surface area contributed by atoms with Crippen LogP contribution in [0.15, 0.2) is 42.0 Å². The first-order valence-electron chi connectivity index (χ1n) is 7.73. The summed E-state index contributed by atoms with van der Waals surface area (Å²) >= 11 is 0. The molecule has 0 radical (unpaired) electrons. The number of anilines is 1. The third-order valence-electron chi connectivity index (χ3n) is 4.10. The minimum absolute atomic E-state index is 0.174. The van der Waals surface area contributed by atoms with Gasteiger partial charge < -0.3 is 20.3 Å². The lowest BCUT2D eigenvalue weighted by atomic mass is 9.91. The number of benzene rings is 2. The summed E-state index contributed by atoms with van der Waals surface area (Å²) in [5.74, 6) is -1.26. The van der Waals surface area contributed by atoms with Crippen LogP contribution < -0.4 is 5.32 Å². The highest BCUT2D eigenvalue weighted by atomic mass is 16.5. The van der Waals surface area contributed by atoms with Crippen molar-refractivity contribution in [2.45, 2.75) is 12.8 Å². The van der Waals surface area contributed by atoms with E-state index in [2.05, 4.69) is 5.32 Å². The van der Waals surface area contributed by atoms with E-state index >= 15 is 0 Å². The van der Waals surface area contributed by atoms with Crippen LogP contribution in [-0.2, 0) is 16.0 Å². The van der Waals surface area contributed by atoms with Crippen LogP contribution in [0.25, 0.3) is 6.08 Å². The van der Waals surface area contributed by atoms with Crippen LogP contribution in [0.1, 0.15) is 27.9 Å². The number of methoxy groups -OCH3 is 1. The quantitative estimate of drug-likeness (QED) is 0.590. The van der Waals surface area contributed by atoms with Crippen molar-refractivity contribution in [2.75, 3.05) is 12.4 Å². The molecule has 25 heavy (non-hydrogen) atoms. The third-order valence-corrected chi connectivity index (χ3v) is 4.10. The molecule has 0 bridgehead atoms. The number of ether oxygens (including phenoxy) is 1. The second kappa shape index (κ2) is 6.68. The van der Waals surface area contributed by atoms with Crippen molar-refractivity contribution in [1.29, 1.82) is 0 Å². The van der Waals surface area contributed by atoms with Gasteiger partial charge in [-0.2, -0.15) is 0 Å². The second-order valence-electron chi connectivity index (χ2n) is 5.70. The van der Waals surface area contributed by atoms with Gasteiger partial charge in [0.2, 0.25) is 0 Å². The molecule has 1 aliphatic carbocycles. The summed E-state index contributed by atoms with van der Waals surface area (Å²) in [5.41, 5.74) is 2.73. The number of fused-ring (bicyclic) bond motifs is 1. The summed E-state index contributed by atoms with van der Waals surface area (Å²) in [5, 5.41) is 21.9. The Morgan fingerprint density at radius 2 is 1.80 bits per heavy atom. The molecule has 0 atom stereocenters. The summed E-state index contributed by atoms with van der Waals surface area (Å²) in [6.45, 7) is 0. The number of amides is 1. The summed E-state index contributed by atoms with van der Waals surface area (Å²) in [6.07, 6.45) is 2.73. The highest BCUT2D eigenvalue weighted by Crippen LogP contribution is 2.33. The summed E-state index contributed by atoms with van der Waals surface area (Å²) < 4.78 is 4.72. The van der Waals surface area contributed by atoms with E-state index in [1.165, 1.54) is 19.2 Å². The minimum Gasteiger partial charge on any atom is -0.504 e. The van der Waals surface area contributed by atoms with Gasteiger partial charge in [0.05, 0.1) is 18.4 Å². The molecular weight excluding hydrogens is 322 g/mol. The van der Waals surface area contributed by atoms with Gasteiger partial charge in [-0.3, -0.25) is 4.79 Å². The smallest absolute Gasteiger partial charge is 0.339 e. The first kappa shape index (κ1) is 16.6. The third kappa shape index (κ3) is 3.33. The number of carbonyl (C=O) groups excluding carboxylic acids is 2. The van der Waals surface area contributed by atoms with E-state index in [0.29, 0.717) is 29.7 Å². The number of hydrogen-bond acceptors (Lipinski definition) is 5. The maximum absolute atomic E-state index is 12.5. The van der Waals surface area contributed by atoms with Gasteiger partial charge in [-0.1, -0.05) is 12.1 Å². The Labute approximate surface area is 144 Å². The van der Waals surface area contributed by atoms with Crippen molar-refractivity contribution >= 4 is 23.6 Å². The van der Waals surface area contributed by atoms with Crippen LogP contribution in [0.2, 0.25) is 0 Å². The largest absolute Gasteiger partial charge is 0.504 e. The average Bonchev–Trinajstić information content (AvgIpc) is 2.62. The lowest BCUT2D eigenvalue weighted by Crippen LogP contribution is -2.19. The van der Waals surface area contributed by atoms with Gasteiger partial charge in [-0.15, -0.1) is 0 Å². The number of aromatic hydroxyl groups is 2. The van der Waals surface area contributed by atoms with Crippen molar-refractivity contribution in [3.63, 3.8) is 0 Å². The molecule has 3 rings (SSSR count). The molecular formula is C19H17NO5. The summed E-state index contributed by atoms with van der Waals surface area (Å²) in [4.78, 5) is 24.3. The molecule has 6 nitrogen and oxygen atoms in total. The average molecular weight is 339 g/mol. The molecule has 2 aromatic carbocycles. The molecule has 6 heteroatoms. The Morgan fingerprint density at radius 1 is 1.08 bits per heavy atom. The van der Waals surface area contributed by atoms with Crippen LogP contribution in [0.5, 0.6) is 11.5 Å². The first-order chi connectivity index (χ1) is 12.0. The Morgan fingerprint density at radius 3 is 2.56 bits per heavy atom. The zero-order valence-corrected chi connectivity index (χ0v) is 13.6. The number of phenolic OH excluding ortho intramolecular Hbond substituents is 2. The number of esters is 1. The monoisotopic (exact) mass is 339 g/mol. The molecule has 3 N–H and O–H groups in total. The molecule has 2 aromatic rings. The molecule has 0 aromatic heterocycles. The fraction of sp³-hybridized carbons (Fsp3) is 0.158. The maximum Gasteiger partial charge on any atom is 0.339 e. The zero-order valence-electron chi connectivity index (χ0n) is 13.6. The van der Waals surface area contributed by atoms with E-state index in [1.54, 1.807) is 30.3 Å². The molecule has 1 aliphatic rings. The van der Waals surface area contributed by atoms with Crippen molar-refractivity contribution in [2.24, 2.45) is 0 Å². The van der Waals surface area contributed by atoms with E-state index in [4.69, 9.17) is 4.74 Å². The first-order valence-corrected chi connectivity index (χ1v) is 7.73. The number of rotatable bonds is 3. The molecule has 0 aliphatic heterocycles. The Balaban J connectivity index is 1.86. The van der Waals surface area contributed by atoms with Gasteiger partial charge in [0.25, 0.3) is 5.91 Å². The molecule has 0 unspecified atom stereocenters. The molecule has 0 saturated heterocycles. The Bertz CT molecular complexity index is 885. The Hall–Kier alpha value is -3.28. The summed E-state index contributed by atoms with van der Waals surface area (Å²) in [7, 11) is 1.28. The number of nitrogens with one attached hydrogen (secondary N) is 1. The van der Waals surface area contributed by atoms with Gasteiger partial charge in [0.15, 0.2) is 11.5 Å². The van der Waals surface area contributed by atoms with Crippen LogP contribution in [0.3, 0.4) is 0 Å². The normalized spacial score (nSPS) is 12.8. The van der Waals surface area contributed by atoms with Gasteiger partial charge in [-0.25, -0.2) is 4.79 Å². The Kier molecular flexibility index (Phi) is 4.43. The van der Waals surface area contributed by atoms with Gasteiger partial charge in [0, 0.05) is 5.57 Å². The highest BCUT2D eigenvalue weighted by molar-refractivity contribution is 6.10. The topological polar surface area (TPSA) is 95.9 Å². The van der Waals surface area contributed by atoms with Gasteiger partial charge >= 0.3 is 5.97 Å². The second-order valence-corrected chi connectivity index (χ2v) is 5.70. The highest BCUT2D eigenvalue weighted by Gasteiger charge is 2.20. The number of carbonyl (C=O) groups is 2. The van der Waals surface area contributed by atoms with E-state index < -0.39 is 5.97 Å². The number of phenols is 2. The molecule has 0 spiro atoms. The fourth-order valence-corrected chi connectivity index (χ4v) is 2.78. The van der Waals surface area contributed by atoms with Crippen molar-refractivity contribution in [3.05, 3.63) is 58.7 Å². The zero-order chi connectivity index (χ0) is 18.0. The predicted octanol–water partition coefficient (Wildman–Crippen LogP) is 2.85. The van der Waals surface area contributed by atoms with E-state index in [1.807, 2.05) is 0 Å². The van der Waals surface area contributed by atoms with Crippen molar-refractivity contribution < 1.29 is 24.5 Å². The van der Waals surface area contributed by atoms with E-state index in [9.17, 15) is 19.8 Å². The molecule has 128 valence electrons. The van der Waals surface area contributed by atoms with Crippen LogP contribution >= 0.6 is 0 Å². The fourth-order valence-electron chi connectivity index (χ4n) is 2.78.